The summed E-state index contributed by atoms with van der Waals surface area (Å²) in [5.74, 6) is 0.501. The number of aryl methyl sites for hydroxylation is 1. The van der Waals surface area contributed by atoms with E-state index in [1.807, 2.05) is 0 Å². The maximum absolute atomic E-state index is 13.1. The summed E-state index contributed by atoms with van der Waals surface area (Å²) in [7, 11) is 0. The molecule has 96 valence electrons. The van der Waals surface area contributed by atoms with Crippen LogP contribution in [0.2, 0.25) is 0 Å². The molecule has 1 aromatic heterocycles. The average molecular weight is 329 g/mol. The number of halogens is 2. The zero-order valence-corrected chi connectivity index (χ0v) is 12.5. The molecule has 0 saturated carbocycles. The molecular formula is C14H14BrFOS. The fourth-order valence-electron chi connectivity index (χ4n) is 1.63. The van der Waals surface area contributed by atoms with Crippen molar-refractivity contribution in [3.8, 4) is 5.75 Å². The van der Waals surface area contributed by atoms with E-state index in [1.165, 1.54) is 21.9 Å². The van der Waals surface area contributed by atoms with Gasteiger partial charge in [0.25, 0.3) is 0 Å². The summed E-state index contributed by atoms with van der Waals surface area (Å²) < 4.78 is 18.8. The lowest BCUT2D eigenvalue weighted by Crippen LogP contribution is -1.96. The first kappa shape index (κ1) is 13.6. The van der Waals surface area contributed by atoms with Crippen molar-refractivity contribution >= 4 is 27.3 Å². The quantitative estimate of drug-likeness (QED) is 0.707. The van der Waals surface area contributed by atoms with Crippen molar-refractivity contribution in [2.24, 2.45) is 0 Å². The largest absolute Gasteiger partial charge is 0.488 e. The number of rotatable bonds is 5. The third-order valence-corrected chi connectivity index (χ3v) is 4.41. The molecule has 0 saturated heterocycles. The monoisotopic (exact) mass is 328 g/mol. The molecule has 2 aromatic rings. The Morgan fingerprint density at radius 1 is 1.22 bits per heavy atom. The molecule has 0 amide bonds. The Balaban J connectivity index is 2.05. The zero-order valence-electron chi connectivity index (χ0n) is 10.1. The van der Waals surface area contributed by atoms with Crippen LogP contribution in [0.5, 0.6) is 5.75 Å². The molecule has 1 aromatic carbocycles. The molecule has 4 heteroatoms. The van der Waals surface area contributed by atoms with Crippen LogP contribution < -0.4 is 4.74 Å². The number of benzene rings is 1. The summed E-state index contributed by atoms with van der Waals surface area (Å²) in [5, 5.41) is 0.588. The number of ether oxygens (including phenoxy) is 1. The first-order chi connectivity index (χ1) is 8.72. The fraction of sp³-hybridized carbons (Fsp3) is 0.286. The fourth-order valence-corrected chi connectivity index (χ4v) is 2.94. The SMILES string of the molecule is CCc1ccc(COc2ccc(F)cc2CBr)s1. The second kappa shape index (κ2) is 6.34. The Kier molecular flexibility index (Phi) is 4.78. The molecule has 0 aliphatic rings. The van der Waals surface area contributed by atoms with Gasteiger partial charge in [-0.25, -0.2) is 4.39 Å². The molecule has 1 heterocycles. The Hall–Kier alpha value is -0.870. The van der Waals surface area contributed by atoms with Crippen LogP contribution in [0, 0.1) is 5.82 Å². The van der Waals surface area contributed by atoms with Gasteiger partial charge >= 0.3 is 0 Å². The highest BCUT2D eigenvalue weighted by atomic mass is 79.9. The highest BCUT2D eigenvalue weighted by Crippen LogP contribution is 2.25. The van der Waals surface area contributed by atoms with Gasteiger partial charge in [-0.3, -0.25) is 0 Å². The smallest absolute Gasteiger partial charge is 0.124 e. The topological polar surface area (TPSA) is 9.23 Å². The molecule has 0 atom stereocenters. The first-order valence-electron chi connectivity index (χ1n) is 5.77. The van der Waals surface area contributed by atoms with Gasteiger partial charge in [-0.15, -0.1) is 11.3 Å². The minimum Gasteiger partial charge on any atom is -0.488 e. The molecule has 0 aliphatic heterocycles. The third kappa shape index (κ3) is 3.33. The Labute approximate surface area is 119 Å². The number of thiophene rings is 1. The van der Waals surface area contributed by atoms with Gasteiger partial charge in [-0.1, -0.05) is 22.9 Å². The minimum atomic E-state index is -0.235. The molecule has 2 rings (SSSR count). The van der Waals surface area contributed by atoms with Crippen LogP contribution in [0.1, 0.15) is 22.2 Å². The molecule has 0 aliphatic carbocycles. The summed E-state index contributed by atoms with van der Waals surface area (Å²) in [6.45, 7) is 2.68. The van der Waals surface area contributed by atoms with E-state index in [0.717, 1.165) is 17.7 Å². The second-order valence-corrected chi connectivity index (χ2v) is 5.71. The molecule has 18 heavy (non-hydrogen) atoms. The number of hydrogen-bond acceptors (Lipinski definition) is 2. The Morgan fingerprint density at radius 2 is 2.00 bits per heavy atom. The predicted molar refractivity (Wildman–Crippen MR) is 77.1 cm³/mol. The van der Waals surface area contributed by atoms with Crippen molar-refractivity contribution in [1.82, 2.24) is 0 Å². The minimum absolute atomic E-state index is 0.235. The van der Waals surface area contributed by atoms with E-state index >= 15 is 0 Å². The maximum atomic E-state index is 13.1. The van der Waals surface area contributed by atoms with E-state index in [-0.39, 0.29) is 5.82 Å². The van der Waals surface area contributed by atoms with E-state index < -0.39 is 0 Å². The standard InChI is InChI=1S/C14H14BrFOS/c1-2-12-4-5-13(18-12)9-17-14-6-3-11(16)7-10(14)8-15/h3-7H,2,8-9H2,1H3. The van der Waals surface area contributed by atoms with Crippen LogP contribution in [0.15, 0.2) is 30.3 Å². The summed E-state index contributed by atoms with van der Waals surface area (Å²) in [5.41, 5.74) is 0.835. The van der Waals surface area contributed by atoms with Gasteiger partial charge < -0.3 is 4.74 Å². The summed E-state index contributed by atoms with van der Waals surface area (Å²) in [6.07, 6.45) is 1.05. The highest BCUT2D eigenvalue weighted by Gasteiger charge is 2.06. The van der Waals surface area contributed by atoms with Gasteiger partial charge in [0.05, 0.1) is 0 Å². The van der Waals surface area contributed by atoms with Crippen LogP contribution in [-0.2, 0) is 18.4 Å². The van der Waals surface area contributed by atoms with E-state index in [1.54, 1.807) is 17.4 Å². The molecule has 1 nitrogen and oxygen atoms in total. The predicted octanol–water partition coefficient (Wildman–Crippen LogP) is 4.92. The van der Waals surface area contributed by atoms with E-state index in [9.17, 15) is 4.39 Å². The van der Waals surface area contributed by atoms with Crippen LogP contribution in [0.3, 0.4) is 0 Å². The third-order valence-electron chi connectivity index (χ3n) is 2.60. The van der Waals surface area contributed by atoms with E-state index in [0.29, 0.717) is 11.9 Å². The maximum Gasteiger partial charge on any atom is 0.124 e. The second-order valence-electron chi connectivity index (χ2n) is 3.90. The van der Waals surface area contributed by atoms with Crippen molar-refractivity contribution in [2.75, 3.05) is 0 Å². The lowest BCUT2D eigenvalue weighted by molar-refractivity contribution is 0.307. The van der Waals surface area contributed by atoms with E-state index in [2.05, 4.69) is 35.0 Å². The van der Waals surface area contributed by atoms with Crippen molar-refractivity contribution in [2.45, 2.75) is 25.3 Å². The van der Waals surface area contributed by atoms with Gasteiger partial charge in [-0.05, 0) is 36.8 Å². The van der Waals surface area contributed by atoms with Crippen LogP contribution in [0.4, 0.5) is 4.39 Å². The number of hydrogen-bond donors (Lipinski definition) is 0. The first-order valence-corrected chi connectivity index (χ1v) is 7.71. The van der Waals surface area contributed by atoms with Crippen molar-refractivity contribution in [1.29, 1.82) is 0 Å². The van der Waals surface area contributed by atoms with Crippen LogP contribution in [0.25, 0.3) is 0 Å². The summed E-state index contributed by atoms with van der Waals surface area (Å²) in [6, 6.07) is 8.81. The molecule has 0 bridgehead atoms. The van der Waals surface area contributed by atoms with Gasteiger partial charge in [0.1, 0.15) is 18.2 Å². The highest BCUT2D eigenvalue weighted by molar-refractivity contribution is 9.08. The molecule has 0 spiro atoms. The Bertz CT molecular complexity index is 524. The van der Waals surface area contributed by atoms with Gasteiger partial charge in [0.15, 0.2) is 0 Å². The summed E-state index contributed by atoms with van der Waals surface area (Å²) in [4.78, 5) is 2.55. The van der Waals surface area contributed by atoms with Gasteiger partial charge in [0.2, 0.25) is 0 Å². The van der Waals surface area contributed by atoms with E-state index in [4.69, 9.17) is 4.74 Å². The molecule has 0 N–H and O–H groups in total. The number of alkyl halides is 1. The lowest BCUT2D eigenvalue weighted by atomic mass is 10.2. The van der Waals surface area contributed by atoms with Crippen molar-refractivity contribution < 1.29 is 9.13 Å². The van der Waals surface area contributed by atoms with Crippen LogP contribution in [-0.4, -0.2) is 0 Å². The Morgan fingerprint density at radius 3 is 2.67 bits per heavy atom. The van der Waals surface area contributed by atoms with Crippen LogP contribution >= 0.6 is 27.3 Å². The zero-order chi connectivity index (χ0) is 13.0. The van der Waals surface area contributed by atoms with Gasteiger partial charge in [0, 0.05) is 20.6 Å². The normalized spacial score (nSPS) is 10.6. The molecular weight excluding hydrogens is 315 g/mol. The van der Waals surface area contributed by atoms with Gasteiger partial charge in [-0.2, -0.15) is 0 Å². The van der Waals surface area contributed by atoms with Crippen molar-refractivity contribution in [3.05, 3.63) is 51.5 Å². The lowest BCUT2D eigenvalue weighted by Gasteiger charge is -2.09. The molecule has 0 radical (unpaired) electrons. The molecule has 0 unspecified atom stereocenters. The van der Waals surface area contributed by atoms with Crippen molar-refractivity contribution in [3.63, 3.8) is 0 Å². The molecule has 0 fully saturated rings. The summed E-state index contributed by atoms with van der Waals surface area (Å²) >= 11 is 5.10. The average Bonchev–Trinajstić information content (AvgIpc) is 2.85.